The highest BCUT2D eigenvalue weighted by molar-refractivity contribution is 8.14. The fraction of sp³-hybridized carbons (Fsp3) is 0.278. The Labute approximate surface area is 155 Å². The maximum Gasteiger partial charge on any atom is 0.119 e. The van der Waals surface area contributed by atoms with E-state index in [4.69, 9.17) is 27.9 Å². The number of aliphatic hydroxyl groups excluding tert-OH is 1. The second-order valence-corrected chi connectivity index (χ2v) is 7.57. The molecule has 0 fully saturated rings. The van der Waals surface area contributed by atoms with Gasteiger partial charge < -0.3 is 9.84 Å². The monoisotopic (exact) mass is 381 g/mol. The van der Waals surface area contributed by atoms with E-state index in [9.17, 15) is 5.11 Å². The number of nitrogens with zero attached hydrogens (tertiary/aromatic N) is 1. The Hall–Kier alpha value is -1.20. The molecule has 1 atom stereocenters. The Morgan fingerprint density at radius 2 is 1.92 bits per heavy atom. The number of halogens is 2. The van der Waals surface area contributed by atoms with Crippen molar-refractivity contribution in [3.8, 4) is 5.75 Å². The molecule has 1 N–H and O–H groups in total. The van der Waals surface area contributed by atoms with Crippen molar-refractivity contribution in [1.29, 1.82) is 0 Å². The summed E-state index contributed by atoms with van der Waals surface area (Å²) in [5.41, 5.74) is 3.10. The van der Waals surface area contributed by atoms with E-state index in [1.807, 2.05) is 37.3 Å². The molecule has 6 heteroatoms. The predicted molar refractivity (Wildman–Crippen MR) is 102 cm³/mol. The lowest BCUT2D eigenvalue weighted by Crippen LogP contribution is -2.21. The number of aliphatic imine (C=N–C) groups is 1. The van der Waals surface area contributed by atoms with Gasteiger partial charge in [0.1, 0.15) is 12.4 Å². The third kappa shape index (κ3) is 4.45. The average Bonchev–Trinajstić information content (AvgIpc) is 2.94. The number of aryl methyl sites for hydroxylation is 1. The van der Waals surface area contributed by atoms with Crippen LogP contribution in [-0.2, 0) is 6.42 Å². The normalized spacial score (nSPS) is 14.2. The first-order valence-corrected chi connectivity index (χ1v) is 9.31. The Kier molecular flexibility index (Phi) is 5.72. The lowest BCUT2D eigenvalue weighted by molar-refractivity contribution is 0.126. The molecule has 1 aliphatic rings. The molecule has 2 aromatic carbocycles. The number of aliphatic hydroxyl groups is 1. The van der Waals surface area contributed by atoms with Crippen LogP contribution in [0.5, 0.6) is 5.75 Å². The summed E-state index contributed by atoms with van der Waals surface area (Å²) in [6.07, 6.45) is 0.164. The van der Waals surface area contributed by atoms with Crippen LogP contribution in [0.15, 0.2) is 41.4 Å². The minimum Gasteiger partial charge on any atom is -0.491 e. The van der Waals surface area contributed by atoms with Crippen LogP contribution in [0.2, 0.25) is 10.0 Å². The van der Waals surface area contributed by atoms with Crippen LogP contribution < -0.4 is 4.74 Å². The van der Waals surface area contributed by atoms with Gasteiger partial charge >= 0.3 is 0 Å². The van der Waals surface area contributed by atoms with Gasteiger partial charge in [-0.25, -0.2) is 4.99 Å². The highest BCUT2D eigenvalue weighted by Crippen LogP contribution is 2.36. The van der Waals surface area contributed by atoms with Gasteiger partial charge in [-0.05, 0) is 36.8 Å². The van der Waals surface area contributed by atoms with Crippen molar-refractivity contribution in [2.45, 2.75) is 19.4 Å². The quantitative estimate of drug-likeness (QED) is 0.786. The van der Waals surface area contributed by atoms with Gasteiger partial charge in [0.15, 0.2) is 0 Å². The third-order valence-corrected chi connectivity index (χ3v) is 5.46. The molecule has 24 heavy (non-hydrogen) atoms. The third-order valence-electron chi connectivity index (χ3n) is 3.61. The van der Waals surface area contributed by atoms with Crippen molar-refractivity contribution >= 4 is 45.7 Å². The predicted octanol–water partition coefficient (Wildman–Crippen LogP) is 5.06. The summed E-state index contributed by atoms with van der Waals surface area (Å²) in [6.45, 7) is 2.28. The zero-order chi connectivity index (χ0) is 17.1. The van der Waals surface area contributed by atoms with Gasteiger partial charge in [-0.1, -0.05) is 40.9 Å². The van der Waals surface area contributed by atoms with Crippen LogP contribution >= 0.6 is 35.0 Å². The first-order chi connectivity index (χ1) is 11.5. The molecular formula is C18H17Cl2NO2S. The Morgan fingerprint density at radius 3 is 2.67 bits per heavy atom. The molecule has 3 nitrogen and oxygen atoms in total. The zero-order valence-corrected chi connectivity index (χ0v) is 15.5. The van der Waals surface area contributed by atoms with Gasteiger partial charge in [0, 0.05) is 12.2 Å². The van der Waals surface area contributed by atoms with Crippen LogP contribution in [-0.4, -0.2) is 28.6 Å². The summed E-state index contributed by atoms with van der Waals surface area (Å²) in [5, 5.41) is 12.1. The lowest BCUT2D eigenvalue weighted by Gasteiger charge is -2.12. The van der Waals surface area contributed by atoms with Gasteiger partial charge in [0.25, 0.3) is 0 Å². The lowest BCUT2D eigenvalue weighted by atomic mass is 10.1. The van der Waals surface area contributed by atoms with Crippen LogP contribution in [0.1, 0.15) is 11.1 Å². The van der Waals surface area contributed by atoms with Crippen LogP contribution in [0.3, 0.4) is 0 Å². The van der Waals surface area contributed by atoms with Crippen molar-refractivity contribution in [1.82, 2.24) is 0 Å². The average molecular weight is 382 g/mol. The molecule has 0 aliphatic carbocycles. The molecular weight excluding hydrogens is 365 g/mol. The maximum atomic E-state index is 10.1. The van der Waals surface area contributed by atoms with E-state index in [1.165, 1.54) is 17.3 Å². The molecule has 0 radical (unpaired) electrons. The highest BCUT2D eigenvalue weighted by Gasteiger charge is 2.18. The topological polar surface area (TPSA) is 41.8 Å². The molecule has 3 rings (SSSR count). The standard InChI is InChI=1S/C18H17Cl2NO2S/c1-11-2-4-14(5-3-11)23-9-13(22)10-24-18-7-12-6-15(19)16(20)8-17(12)21-18/h2-6,8,13,22H,7,9-10H2,1H3/t13-/m1/s1. The maximum absolute atomic E-state index is 10.1. The molecule has 0 spiro atoms. The van der Waals surface area contributed by atoms with E-state index in [-0.39, 0.29) is 6.61 Å². The van der Waals surface area contributed by atoms with Crippen molar-refractivity contribution in [3.05, 3.63) is 57.6 Å². The van der Waals surface area contributed by atoms with Crippen molar-refractivity contribution in [2.24, 2.45) is 4.99 Å². The van der Waals surface area contributed by atoms with E-state index in [0.717, 1.165) is 28.5 Å². The molecule has 0 unspecified atom stereocenters. The fourth-order valence-electron chi connectivity index (χ4n) is 2.31. The summed E-state index contributed by atoms with van der Waals surface area (Å²) in [5.74, 6) is 1.29. The van der Waals surface area contributed by atoms with Gasteiger partial charge in [0.2, 0.25) is 0 Å². The molecule has 2 aromatic rings. The number of fused-ring (bicyclic) bond motifs is 1. The molecule has 0 saturated carbocycles. The minimum absolute atomic E-state index is 0.258. The Bertz CT molecular complexity index is 762. The number of rotatable bonds is 5. The van der Waals surface area contributed by atoms with Crippen molar-refractivity contribution in [2.75, 3.05) is 12.4 Å². The van der Waals surface area contributed by atoms with Crippen molar-refractivity contribution in [3.63, 3.8) is 0 Å². The smallest absolute Gasteiger partial charge is 0.119 e. The second-order valence-electron chi connectivity index (χ2n) is 5.67. The van der Waals surface area contributed by atoms with Gasteiger partial charge in [-0.15, -0.1) is 11.8 Å². The van der Waals surface area contributed by atoms with E-state index < -0.39 is 6.10 Å². The Balaban J connectivity index is 1.48. The summed E-state index contributed by atoms with van der Waals surface area (Å²) in [7, 11) is 0. The summed E-state index contributed by atoms with van der Waals surface area (Å²) in [4.78, 5) is 4.54. The first kappa shape index (κ1) is 17.6. The SMILES string of the molecule is Cc1ccc(OC[C@@H](O)CSC2=Nc3cc(Cl)c(Cl)cc3C2)cc1. The first-order valence-electron chi connectivity index (χ1n) is 7.57. The zero-order valence-electron chi connectivity index (χ0n) is 13.1. The molecule has 0 saturated heterocycles. The van der Waals surface area contributed by atoms with Crippen LogP contribution in [0, 0.1) is 6.92 Å². The van der Waals surface area contributed by atoms with Crippen LogP contribution in [0.25, 0.3) is 0 Å². The van der Waals surface area contributed by atoms with E-state index in [2.05, 4.69) is 4.99 Å². The summed E-state index contributed by atoms with van der Waals surface area (Å²) >= 11 is 13.6. The number of hydrogen-bond donors (Lipinski definition) is 1. The minimum atomic E-state index is -0.560. The molecule has 0 aromatic heterocycles. The number of hydrogen-bond acceptors (Lipinski definition) is 4. The Morgan fingerprint density at radius 1 is 1.21 bits per heavy atom. The second kappa shape index (κ2) is 7.79. The molecule has 126 valence electrons. The number of ether oxygens (including phenoxy) is 1. The molecule has 0 bridgehead atoms. The van der Waals surface area contributed by atoms with E-state index in [0.29, 0.717) is 15.8 Å². The molecule has 1 aliphatic heterocycles. The number of benzene rings is 2. The van der Waals surface area contributed by atoms with Gasteiger partial charge in [-0.3, -0.25) is 0 Å². The molecule has 1 heterocycles. The highest BCUT2D eigenvalue weighted by atomic mass is 35.5. The summed E-state index contributed by atoms with van der Waals surface area (Å²) in [6, 6.07) is 11.4. The largest absolute Gasteiger partial charge is 0.491 e. The number of thioether (sulfide) groups is 1. The van der Waals surface area contributed by atoms with Gasteiger partial charge in [-0.2, -0.15) is 0 Å². The summed E-state index contributed by atoms with van der Waals surface area (Å²) < 4.78 is 5.59. The van der Waals surface area contributed by atoms with Crippen molar-refractivity contribution < 1.29 is 9.84 Å². The fourth-order valence-corrected chi connectivity index (χ4v) is 3.56. The van der Waals surface area contributed by atoms with Crippen LogP contribution in [0.4, 0.5) is 5.69 Å². The molecule has 0 amide bonds. The van der Waals surface area contributed by atoms with E-state index >= 15 is 0 Å². The van der Waals surface area contributed by atoms with E-state index in [1.54, 1.807) is 6.07 Å². The van der Waals surface area contributed by atoms with Gasteiger partial charge in [0.05, 0.1) is 26.9 Å².